The number of fused-ring (bicyclic) bond motifs is 1. The van der Waals surface area contributed by atoms with Crippen LogP contribution in [-0.2, 0) is 0 Å². The second kappa shape index (κ2) is 6.45. The van der Waals surface area contributed by atoms with Crippen LogP contribution in [0, 0.1) is 0 Å². The second-order valence-corrected chi connectivity index (χ2v) is 6.47. The van der Waals surface area contributed by atoms with Crippen LogP contribution in [0.5, 0.6) is 11.5 Å². The first kappa shape index (κ1) is 16.4. The van der Waals surface area contributed by atoms with E-state index in [2.05, 4.69) is 4.99 Å². The molecule has 5 rings (SSSR count). The number of para-hydroxylation sites is 1. The number of quaternary nitrogens is 1. The molecule has 1 atom stereocenters. The molecule has 0 saturated carbocycles. The molecule has 1 aromatic heterocycles. The van der Waals surface area contributed by atoms with Crippen molar-refractivity contribution in [2.75, 3.05) is 0 Å². The summed E-state index contributed by atoms with van der Waals surface area (Å²) in [6, 6.07) is 19.3. The van der Waals surface area contributed by atoms with Gasteiger partial charge in [0.2, 0.25) is 5.70 Å². The molecule has 3 aromatic rings. The fraction of sp³-hybridized carbons (Fsp3) is 0. The van der Waals surface area contributed by atoms with Crippen molar-refractivity contribution >= 4 is 17.7 Å². The lowest BCUT2D eigenvalue weighted by Gasteiger charge is -2.26. The van der Waals surface area contributed by atoms with Crippen molar-refractivity contribution in [3.05, 3.63) is 102 Å². The van der Waals surface area contributed by atoms with Crippen molar-refractivity contribution in [1.82, 2.24) is 0 Å². The van der Waals surface area contributed by atoms with Gasteiger partial charge in [-0.2, -0.15) is 10.8 Å². The van der Waals surface area contributed by atoms with Crippen molar-refractivity contribution in [1.29, 1.82) is 0 Å². The summed E-state index contributed by atoms with van der Waals surface area (Å²) in [5.41, 5.74) is 3.31. The van der Waals surface area contributed by atoms with Gasteiger partial charge < -0.3 is 9.15 Å². The maximum atomic E-state index is 6.71. The minimum absolute atomic E-state index is 0.0388. The van der Waals surface area contributed by atoms with Crippen LogP contribution < -0.4 is 10.6 Å². The Morgan fingerprint density at radius 1 is 0.893 bits per heavy atom. The molecule has 0 aliphatic carbocycles. The largest absolute Gasteiger partial charge is 0.472 e. The third-order valence-corrected chi connectivity index (χ3v) is 4.68. The van der Waals surface area contributed by atoms with Gasteiger partial charge in [-0.1, -0.05) is 18.2 Å². The van der Waals surface area contributed by atoms with Crippen molar-refractivity contribution in [3.63, 3.8) is 0 Å². The quantitative estimate of drug-likeness (QED) is 0.545. The Labute approximate surface area is 161 Å². The van der Waals surface area contributed by atoms with E-state index in [4.69, 9.17) is 20.0 Å². The molecule has 6 heteroatoms. The number of rotatable bonds is 4. The van der Waals surface area contributed by atoms with Gasteiger partial charge in [-0.3, -0.25) is 4.99 Å². The minimum Gasteiger partial charge on any atom is -0.472 e. The van der Waals surface area contributed by atoms with Crippen molar-refractivity contribution in [3.8, 4) is 11.5 Å². The average molecular weight is 369 g/mol. The maximum Gasteiger partial charge on any atom is 0.265 e. The zero-order valence-corrected chi connectivity index (χ0v) is 14.9. The molecule has 0 saturated heterocycles. The third kappa shape index (κ3) is 2.68. The van der Waals surface area contributed by atoms with E-state index >= 15 is 0 Å². The van der Waals surface area contributed by atoms with Gasteiger partial charge >= 0.3 is 0 Å². The molecule has 3 heterocycles. The first-order valence-electron chi connectivity index (χ1n) is 8.82. The molecule has 2 N–H and O–H groups in total. The van der Waals surface area contributed by atoms with Gasteiger partial charge in [0.15, 0.2) is 0 Å². The number of benzene rings is 2. The monoisotopic (exact) mass is 369 g/mol. The van der Waals surface area contributed by atoms with Crippen molar-refractivity contribution < 1.29 is 13.7 Å². The molecule has 0 spiro atoms. The number of nitrogens with zero attached hydrogens (tertiary/aromatic N) is 3. The van der Waals surface area contributed by atoms with Gasteiger partial charge in [0.05, 0.1) is 30.5 Å². The molecular formula is C22H17N4O2+. The van der Waals surface area contributed by atoms with Crippen LogP contribution in [0.1, 0.15) is 11.1 Å². The fourth-order valence-corrected chi connectivity index (χ4v) is 3.29. The van der Waals surface area contributed by atoms with Crippen LogP contribution in [0.15, 0.2) is 106 Å². The van der Waals surface area contributed by atoms with Crippen LogP contribution in [0.4, 0.5) is 0 Å². The molecule has 6 nitrogen and oxygen atoms in total. The molecule has 0 fully saturated rings. The molecule has 0 amide bonds. The van der Waals surface area contributed by atoms with Crippen LogP contribution in [-0.4, -0.2) is 16.6 Å². The third-order valence-electron chi connectivity index (χ3n) is 4.68. The van der Waals surface area contributed by atoms with Gasteiger partial charge in [0.25, 0.3) is 5.84 Å². The van der Waals surface area contributed by atoms with E-state index in [1.807, 2.05) is 66.9 Å². The predicted molar refractivity (Wildman–Crippen MR) is 107 cm³/mol. The summed E-state index contributed by atoms with van der Waals surface area (Å²) in [6.45, 7) is 0. The first-order chi connectivity index (χ1) is 13.7. The summed E-state index contributed by atoms with van der Waals surface area (Å²) in [6.07, 6.45) is 8.51. The van der Waals surface area contributed by atoms with Crippen LogP contribution in [0.25, 0.3) is 5.70 Å². The van der Waals surface area contributed by atoms with E-state index in [0.29, 0.717) is 5.84 Å². The predicted octanol–water partition coefficient (Wildman–Crippen LogP) is 4.45. The van der Waals surface area contributed by atoms with Crippen LogP contribution in [0.3, 0.4) is 0 Å². The lowest BCUT2D eigenvalue weighted by atomic mass is 10.1. The van der Waals surface area contributed by atoms with E-state index in [1.165, 1.54) is 0 Å². The summed E-state index contributed by atoms with van der Waals surface area (Å²) in [4.78, 5) is 9.06. The maximum absolute atomic E-state index is 6.71. The van der Waals surface area contributed by atoms with Gasteiger partial charge in [-0.15, -0.1) is 4.59 Å². The van der Waals surface area contributed by atoms with Gasteiger partial charge in [0.1, 0.15) is 23.4 Å². The Kier molecular flexibility index (Phi) is 3.79. The summed E-state index contributed by atoms with van der Waals surface area (Å²) < 4.78 is 11.1. The van der Waals surface area contributed by atoms with Gasteiger partial charge in [-0.05, 0) is 42.5 Å². The molecule has 0 bridgehead atoms. The highest BCUT2D eigenvalue weighted by atomic mass is 16.5. The molecule has 2 aromatic carbocycles. The summed E-state index contributed by atoms with van der Waals surface area (Å²) >= 11 is 0. The highest BCUT2D eigenvalue weighted by molar-refractivity contribution is 6.06. The number of aliphatic imine (C=N–C) groups is 2. The SMILES string of the molecule is N[N+]12C=CN=CC1=C(c1ccoc1)N=C2c1ccc(Oc2ccccc2)cc1. The Morgan fingerprint density at radius 3 is 2.43 bits per heavy atom. The molecule has 2 aliphatic rings. The Bertz CT molecular complexity index is 1130. The summed E-state index contributed by atoms with van der Waals surface area (Å²) in [7, 11) is 0. The summed E-state index contributed by atoms with van der Waals surface area (Å²) in [5, 5.41) is 0. The van der Waals surface area contributed by atoms with Crippen molar-refractivity contribution in [2.45, 2.75) is 0 Å². The van der Waals surface area contributed by atoms with E-state index in [0.717, 1.165) is 34.0 Å². The lowest BCUT2D eigenvalue weighted by molar-refractivity contribution is -0.749. The Balaban J connectivity index is 1.50. The smallest absolute Gasteiger partial charge is 0.265 e. The van der Waals surface area contributed by atoms with E-state index < -0.39 is 0 Å². The van der Waals surface area contributed by atoms with Gasteiger partial charge in [-0.25, -0.2) is 0 Å². The van der Waals surface area contributed by atoms with Crippen molar-refractivity contribution in [2.24, 2.45) is 15.8 Å². The van der Waals surface area contributed by atoms with E-state index in [1.54, 1.807) is 24.9 Å². The zero-order valence-electron chi connectivity index (χ0n) is 14.9. The normalized spacial score (nSPS) is 20.2. The first-order valence-corrected chi connectivity index (χ1v) is 8.82. The van der Waals surface area contributed by atoms with E-state index in [-0.39, 0.29) is 4.59 Å². The number of furan rings is 1. The molecule has 1 unspecified atom stereocenters. The Hall–Kier alpha value is -3.74. The number of allylic oxidation sites excluding steroid dienone is 1. The Morgan fingerprint density at radius 2 is 1.68 bits per heavy atom. The second-order valence-electron chi connectivity index (χ2n) is 6.47. The molecule has 2 aliphatic heterocycles. The van der Waals surface area contributed by atoms with Crippen LogP contribution >= 0.6 is 0 Å². The van der Waals surface area contributed by atoms with E-state index in [9.17, 15) is 0 Å². The van der Waals surface area contributed by atoms with Crippen LogP contribution in [0.2, 0.25) is 0 Å². The number of ether oxygens (including phenoxy) is 1. The molecule has 136 valence electrons. The number of hydrogen-bond donors (Lipinski definition) is 1. The highest BCUT2D eigenvalue weighted by Gasteiger charge is 2.44. The number of amidine groups is 1. The highest BCUT2D eigenvalue weighted by Crippen LogP contribution is 2.36. The standard InChI is InChI=1S/C22H17N4O2/c23-26-12-11-24-14-20(26)21(17-10-13-27-15-17)25-22(26)16-6-8-19(9-7-16)28-18-4-2-1-3-5-18/h1-15H,23H2/q+1. The average Bonchev–Trinajstić information content (AvgIpc) is 3.35. The molecule has 28 heavy (non-hydrogen) atoms. The molecule has 0 radical (unpaired) electrons. The fourth-order valence-electron chi connectivity index (χ4n) is 3.29. The topological polar surface area (TPSA) is 73.1 Å². The van der Waals surface area contributed by atoms with Gasteiger partial charge in [0, 0.05) is 5.56 Å². The minimum atomic E-state index is -0.0388. The summed E-state index contributed by atoms with van der Waals surface area (Å²) in [5.74, 6) is 8.95. The number of nitrogens with two attached hydrogens (primary N) is 1. The molecular weight excluding hydrogens is 352 g/mol. The number of hydrogen-bond acceptors (Lipinski definition) is 5. The lowest BCUT2D eigenvalue weighted by Crippen LogP contribution is -2.53. The zero-order chi connectivity index (χ0) is 19.0.